The van der Waals surface area contributed by atoms with Crippen LogP contribution in [0.1, 0.15) is 0 Å². The first-order chi connectivity index (χ1) is 4.57. The Morgan fingerprint density at radius 2 is 1.70 bits per heavy atom. The van der Waals surface area contributed by atoms with Crippen LogP contribution in [0.3, 0.4) is 0 Å². The highest BCUT2D eigenvalue weighted by Crippen LogP contribution is 2.06. The van der Waals surface area contributed by atoms with Crippen LogP contribution in [0.25, 0.3) is 0 Å². The lowest BCUT2D eigenvalue weighted by atomic mass is 10.2. The minimum absolute atomic E-state index is 0.134. The van der Waals surface area contributed by atoms with Gasteiger partial charge in [-0.25, -0.2) is 0 Å². The van der Waals surface area contributed by atoms with Crippen molar-refractivity contribution in [3.8, 4) is 0 Å². The molecule has 0 rings (SSSR count). The maximum Gasteiger partial charge on any atom is 0.115 e. The lowest BCUT2D eigenvalue weighted by molar-refractivity contribution is 0.420. The molecule has 0 aliphatic heterocycles. The lowest BCUT2D eigenvalue weighted by Gasteiger charge is -1.96. The molecular formula is C8H10O2. The maximum absolute atomic E-state index is 8.77. The van der Waals surface area contributed by atoms with Crippen LogP contribution in [0.4, 0.5) is 0 Å². The smallest absolute Gasteiger partial charge is 0.115 e. The Labute approximate surface area is 60.1 Å². The number of allylic oxidation sites excluding steroid dienone is 2. The summed E-state index contributed by atoms with van der Waals surface area (Å²) in [6, 6.07) is 0. The maximum atomic E-state index is 8.77. The van der Waals surface area contributed by atoms with Crippen molar-refractivity contribution in [2.24, 2.45) is 0 Å². The second kappa shape index (κ2) is 3.56. The Morgan fingerprint density at radius 1 is 1.20 bits per heavy atom. The zero-order chi connectivity index (χ0) is 8.15. The molecule has 10 heavy (non-hydrogen) atoms. The molecule has 0 fully saturated rings. The van der Waals surface area contributed by atoms with E-state index in [4.69, 9.17) is 10.2 Å². The number of rotatable bonds is 3. The van der Waals surface area contributed by atoms with E-state index in [1.807, 2.05) is 0 Å². The Kier molecular flexibility index (Phi) is 3.05. The van der Waals surface area contributed by atoms with Crippen molar-refractivity contribution in [2.45, 2.75) is 0 Å². The van der Waals surface area contributed by atoms with Gasteiger partial charge in [0.05, 0.1) is 0 Å². The first-order valence-corrected chi connectivity index (χ1v) is 2.68. The summed E-state index contributed by atoms with van der Waals surface area (Å²) in [5.74, 6) is -0.268. The van der Waals surface area contributed by atoms with Gasteiger partial charge < -0.3 is 10.2 Å². The summed E-state index contributed by atoms with van der Waals surface area (Å²) in [6.07, 6.45) is 2.65. The molecule has 0 aromatic rings. The number of hydrogen-bond donors (Lipinski definition) is 2. The molecule has 2 nitrogen and oxygen atoms in total. The van der Waals surface area contributed by atoms with Crippen molar-refractivity contribution < 1.29 is 10.2 Å². The molecule has 0 radical (unpaired) electrons. The molecule has 0 bridgehead atoms. The third kappa shape index (κ3) is 2.77. The van der Waals surface area contributed by atoms with Gasteiger partial charge >= 0.3 is 0 Å². The van der Waals surface area contributed by atoms with Crippen LogP contribution in [0, 0.1) is 0 Å². The van der Waals surface area contributed by atoms with Crippen LogP contribution in [0.5, 0.6) is 0 Å². The summed E-state index contributed by atoms with van der Waals surface area (Å²) in [7, 11) is 0. The fourth-order valence-electron chi connectivity index (χ4n) is 0.440. The molecular weight excluding hydrogens is 128 g/mol. The van der Waals surface area contributed by atoms with Crippen LogP contribution >= 0.6 is 0 Å². The minimum Gasteiger partial charge on any atom is -0.509 e. The molecule has 0 aromatic heterocycles. The largest absolute Gasteiger partial charge is 0.509 e. The number of hydrogen-bond acceptors (Lipinski definition) is 2. The van der Waals surface area contributed by atoms with E-state index in [0.717, 1.165) is 0 Å². The Morgan fingerprint density at radius 3 is 1.80 bits per heavy atom. The van der Waals surface area contributed by atoms with Gasteiger partial charge in [0.15, 0.2) is 0 Å². The van der Waals surface area contributed by atoms with Crippen LogP contribution in [-0.4, -0.2) is 10.2 Å². The summed E-state index contributed by atoms with van der Waals surface area (Å²) >= 11 is 0. The van der Waals surface area contributed by atoms with Gasteiger partial charge in [0, 0.05) is 5.57 Å². The highest BCUT2D eigenvalue weighted by molar-refractivity contribution is 5.36. The van der Waals surface area contributed by atoms with E-state index < -0.39 is 0 Å². The zero-order valence-electron chi connectivity index (χ0n) is 5.67. The second-order valence-electron chi connectivity index (χ2n) is 1.74. The van der Waals surface area contributed by atoms with Gasteiger partial charge in [-0.2, -0.15) is 0 Å². The molecule has 0 atom stereocenters. The van der Waals surface area contributed by atoms with E-state index in [1.54, 1.807) is 0 Å². The Bertz CT molecular complexity index is 199. The topological polar surface area (TPSA) is 40.5 Å². The van der Waals surface area contributed by atoms with Gasteiger partial charge in [0.2, 0.25) is 0 Å². The molecule has 0 aliphatic carbocycles. The van der Waals surface area contributed by atoms with E-state index in [2.05, 4.69) is 19.7 Å². The number of aliphatic hydroxyl groups excluding tert-OH is 2. The summed E-state index contributed by atoms with van der Waals surface area (Å²) in [5, 5.41) is 17.4. The van der Waals surface area contributed by atoms with Crippen molar-refractivity contribution in [1.82, 2.24) is 0 Å². The fourth-order valence-corrected chi connectivity index (χ4v) is 0.440. The molecule has 0 heterocycles. The van der Waals surface area contributed by atoms with Crippen LogP contribution < -0.4 is 0 Å². The molecule has 0 aromatic carbocycles. The van der Waals surface area contributed by atoms with Crippen molar-refractivity contribution in [2.75, 3.05) is 0 Å². The van der Waals surface area contributed by atoms with E-state index in [-0.39, 0.29) is 11.5 Å². The van der Waals surface area contributed by atoms with Gasteiger partial charge in [-0.15, -0.1) is 0 Å². The SMILES string of the molecule is C=C/C(=C/C(=C)O)C(=C)O. The van der Waals surface area contributed by atoms with Gasteiger partial charge in [-0.05, 0) is 6.08 Å². The van der Waals surface area contributed by atoms with Crippen LogP contribution in [-0.2, 0) is 0 Å². The van der Waals surface area contributed by atoms with E-state index >= 15 is 0 Å². The predicted molar refractivity (Wildman–Crippen MR) is 41.8 cm³/mol. The lowest BCUT2D eigenvalue weighted by Crippen LogP contribution is -1.82. The molecule has 54 valence electrons. The molecule has 0 spiro atoms. The highest BCUT2D eigenvalue weighted by Gasteiger charge is 1.93. The zero-order valence-corrected chi connectivity index (χ0v) is 5.67. The number of aliphatic hydroxyl groups is 2. The normalized spacial score (nSPS) is 10.6. The molecule has 0 saturated carbocycles. The van der Waals surface area contributed by atoms with E-state index in [9.17, 15) is 0 Å². The molecule has 0 unspecified atom stereocenters. The van der Waals surface area contributed by atoms with Crippen LogP contribution in [0.2, 0.25) is 0 Å². The van der Waals surface area contributed by atoms with Crippen molar-refractivity contribution in [3.05, 3.63) is 49.0 Å². The summed E-state index contributed by atoms with van der Waals surface area (Å²) in [5.41, 5.74) is 0.368. The fraction of sp³-hybridized carbons (Fsp3) is 0. The summed E-state index contributed by atoms with van der Waals surface area (Å²) in [4.78, 5) is 0. The first-order valence-electron chi connectivity index (χ1n) is 2.68. The quantitative estimate of drug-likeness (QED) is 0.463. The average molecular weight is 138 g/mol. The Hall–Kier alpha value is -1.44. The first kappa shape index (κ1) is 8.56. The monoisotopic (exact) mass is 138 g/mol. The van der Waals surface area contributed by atoms with Crippen molar-refractivity contribution in [1.29, 1.82) is 0 Å². The third-order valence-corrected chi connectivity index (χ3v) is 0.875. The van der Waals surface area contributed by atoms with Gasteiger partial charge in [0.1, 0.15) is 11.5 Å². The van der Waals surface area contributed by atoms with E-state index in [0.29, 0.717) is 5.57 Å². The standard InChI is InChI=1S/C8H10O2/c1-4-8(7(3)10)5-6(2)9/h4-5,9-10H,1-3H2/b8-5-. The van der Waals surface area contributed by atoms with Gasteiger partial charge in [-0.3, -0.25) is 0 Å². The third-order valence-electron chi connectivity index (χ3n) is 0.875. The average Bonchev–Trinajstić information content (AvgIpc) is 1.81. The Balaban J connectivity index is 4.49. The second-order valence-corrected chi connectivity index (χ2v) is 1.74. The molecule has 0 aliphatic rings. The minimum atomic E-state index is -0.134. The van der Waals surface area contributed by atoms with Crippen molar-refractivity contribution >= 4 is 0 Å². The molecule has 0 amide bonds. The van der Waals surface area contributed by atoms with Crippen LogP contribution in [0.15, 0.2) is 49.0 Å². The van der Waals surface area contributed by atoms with Gasteiger partial charge in [-0.1, -0.05) is 25.8 Å². The predicted octanol–water partition coefficient (Wildman–Crippen LogP) is 2.24. The highest BCUT2D eigenvalue weighted by atomic mass is 16.3. The summed E-state index contributed by atoms with van der Waals surface area (Å²) < 4.78 is 0. The van der Waals surface area contributed by atoms with Crippen molar-refractivity contribution in [3.63, 3.8) is 0 Å². The molecule has 2 heteroatoms. The molecule has 2 N–H and O–H groups in total. The molecule has 0 saturated heterocycles. The van der Waals surface area contributed by atoms with E-state index in [1.165, 1.54) is 12.2 Å². The summed E-state index contributed by atoms with van der Waals surface area (Å²) in [6.45, 7) is 9.84. The van der Waals surface area contributed by atoms with Gasteiger partial charge in [0.25, 0.3) is 0 Å².